The standard InChI is InChI=1S/C23H31N3O2/c1-18-10-11-22(28-4)20(16-18)17-25-12-14-26(15-13-25)19(2)23(27)24(3)21-8-6-5-7-9-21/h5-11,16,19H,12-15,17H2,1-4H3/p+2/t19-/m1/s1. The fourth-order valence-corrected chi connectivity index (χ4v) is 4.09. The number of likely N-dealkylation sites (N-methyl/N-ethyl adjacent to an activating group) is 1. The number of nitrogens with zero attached hydrogens (tertiary/aromatic N) is 1. The van der Waals surface area contributed by atoms with Crippen LogP contribution in [0.15, 0.2) is 48.5 Å². The molecule has 1 aliphatic heterocycles. The Hall–Kier alpha value is -2.37. The van der Waals surface area contributed by atoms with Crippen LogP contribution in [0.1, 0.15) is 18.1 Å². The summed E-state index contributed by atoms with van der Waals surface area (Å²) < 4.78 is 5.53. The van der Waals surface area contributed by atoms with Crippen molar-refractivity contribution in [3.05, 3.63) is 59.7 Å². The minimum absolute atomic E-state index is 0.0275. The molecule has 5 nitrogen and oxygen atoms in total. The molecule has 2 N–H and O–H groups in total. The normalized spacial score (nSPS) is 20.4. The molecule has 1 saturated heterocycles. The predicted octanol–water partition coefficient (Wildman–Crippen LogP) is 0.339. The third kappa shape index (κ3) is 4.72. The number of hydrogen-bond acceptors (Lipinski definition) is 2. The Labute approximate surface area is 168 Å². The molecule has 1 aliphatic rings. The van der Waals surface area contributed by atoms with Crippen molar-refractivity contribution in [3.63, 3.8) is 0 Å². The maximum atomic E-state index is 12.9. The SMILES string of the molecule is COc1ccc(C)cc1C[NH+]1CC[NH+]([C@H](C)C(=O)N(C)c2ccccc2)CC1. The van der Waals surface area contributed by atoms with Crippen LogP contribution in [0.5, 0.6) is 5.75 Å². The third-order valence-corrected chi connectivity index (χ3v) is 5.93. The van der Waals surface area contributed by atoms with Gasteiger partial charge in [-0.25, -0.2) is 0 Å². The number of piperazine rings is 1. The molecule has 0 unspecified atom stereocenters. The van der Waals surface area contributed by atoms with Gasteiger partial charge in [0.2, 0.25) is 0 Å². The Morgan fingerprint density at radius 2 is 1.79 bits per heavy atom. The Balaban J connectivity index is 1.56. The summed E-state index contributed by atoms with van der Waals surface area (Å²) in [5.74, 6) is 1.16. The lowest BCUT2D eigenvalue weighted by atomic mass is 10.1. The van der Waals surface area contributed by atoms with Gasteiger partial charge in [-0.15, -0.1) is 0 Å². The van der Waals surface area contributed by atoms with Crippen LogP contribution in [0.3, 0.4) is 0 Å². The second-order valence-corrected chi connectivity index (χ2v) is 7.85. The van der Waals surface area contributed by atoms with E-state index in [-0.39, 0.29) is 11.9 Å². The molecule has 1 atom stereocenters. The molecule has 2 aromatic rings. The van der Waals surface area contributed by atoms with Gasteiger partial charge in [-0.1, -0.05) is 29.8 Å². The minimum Gasteiger partial charge on any atom is -0.496 e. The lowest BCUT2D eigenvalue weighted by Crippen LogP contribution is -3.29. The number of hydrogen-bond donors (Lipinski definition) is 2. The molecule has 0 bridgehead atoms. The largest absolute Gasteiger partial charge is 0.496 e. The zero-order valence-electron chi connectivity index (χ0n) is 17.5. The number of ether oxygens (including phenoxy) is 1. The predicted molar refractivity (Wildman–Crippen MR) is 112 cm³/mol. The first-order valence-electron chi connectivity index (χ1n) is 10.1. The van der Waals surface area contributed by atoms with E-state index in [0.717, 1.165) is 44.2 Å². The number of rotatable bonds is 6. The van der Waals surface area contributed by atoms with Gasteiger partial charge in [0.1, 0.15) is 38.5 Å². The molecule has 1 fully saturated rings. The number of benzene rings is 2. The Bertz CT molecular complexity index is 786. The number of quaternary nitrogens is 2. The molecule has 0 aromatic heterocycles. The van der Waals surface area contributed by atoms with Crippen molar-refractivity contribution in [1.29, 1.82) is 0 Å². The number of amides is 1. The molecule has 0 spiro atoms. The molecule has 0 saturated carbocycles. The maximum Gasteiger partial charge on any atom is 0.284 e. The van der Waals surface area contributed by atoms with Crippen LogP contribution < -0.4 is 19.4 Å². The first kappa shape index (κ1) is 20.4. The molecule has 2 aromatic carbocycles. The fourth-order valence-electron chi connectivity index (χ4n) is 4.09. The average Bonchev–Trinajstić information content (AvgIpc) is 2.73. The monoisotopic (exact) mass is 383 g/mol. The van der Waals surface area contributed by atoms with Crippen LogP contribution in [0.4, 0.5) is 5.69 Å². The van der Waals surface area contributed by atoms with Crippen molar-refractivity contribution in [2.75, 3.05) is 45.2 Å². The molecule has 1 amide bonds. The van der Waals surface area contributed by atoms with E-state index in [1.807, 2.05) is 37.4 Å². The Morgan fingerprint density at radius 3 is 2.43 bits per heavy atom. The number of anilines is 1. The summed E-state index contributed by atoms with van der Waals surface area (Å²) in [7, 11) is 3.61. The molecule has 150 valence electrons. The van der Waals surface area contributed by atoms with E-state index in [2.05, 4.69) is 32.0 Å². The first-order valence-corrected chi connectivity index (χ1v) is 10.1. The summed E-state index contributed by atoms with van der Waals surface area (Å²) in [6.45, 7) is 9.32. The van der Waals surface area contributed by atoms with Crippen LogP contribution >= 0.6 is 0 Å². The van der Waals surface area contributed by atoms with Crippen LogP contribution in [-0.2, 0) is 11.3 Å². The van der Waals surface area contributed by atoms with Crippen molar-refractivity contribution in [3.8, 4) is 5.75 Å². The maximum absolute atomic E-state index is 12.9. The number of carbonyl (C=O) groups excluding carboxylic acids is 1. The Kier molecular flexibility index (Phi) is 6.70. The van der Waals surface area contributed by atoms with Gasteiger partial charge < -0.3 is 19.4 Å². The molecule has 28 heavy (non-hydrogen) atoms. The van der Waals surface area contributed by atoms with Gasteiger partial charge in [0.05, 0.1) is 7.11 Å². The van der Waals surface area contributed by atoms with Gasteiger partial charge in [-0.3, -0.25) is 4.79 Å². The van der Waals surface area contributed by atoms with Crippen molar-refractivity contribution in [2.24, 2.45) is 0 Å². The number of nitrogens with one attached hydrogen (secondary N) is 2. The molecule has 5 heteroatoms. The summed E-state index contributed by atoms with van der Waals surface area (Å²) in [5, 5.41) is 0. The van der Waals surface area contributed by atoms with Crippen LogP contribution in [-0.4, -0.2) is 52.3 Å². The van der Waals surface area contributed by atoms with Crippen LogP contribution in [0, 0.1) is 6.92 Å². The second-order valence-electron chi connectivity index (χ2n) is 7.85. The van der Waals surface area contributed by atoms with E-state index in [1.165, 1.54) is 16.0 Å². The lowest BCUT2D eigenvalue weighted by Gasteiger charge is -2.34. The summed E-state index contributed by atoms with van der Waals surface area (Å²) >= 11 is 0. The topological polar surface area (TPSA) is 38.4 Å². The molecule has 0 radical (unpaired) electrons. The van der Waals surface area contributed by atoms with E-state index in [4.69, 9.17) is 4.74 Å². The lowest BCUT2D eigenvalue weighted by molar-refractivity contribution is -1.02. The zero-order valence-corrected chi connectivity index (χ0v) is 17.5. The number of para-hydroxylation sites is 1. The van der Waals surface area contributed by atoms with Gasteiger partial charge in [-0.2, -0.15) is 0 Å². The van der Waals surface area contributed by atoms with E-state index >= 15 is 0 Å². The van der Waals surface area contributed by atoms with E-state index in [0.29, 0.717) is 0 Å². The highest BCUT2D eigenvalue weighted by molar-refractivity contribution is 5.95. The number of aryl methyl sites for hydroxylation is 1. The quantitative estimate of drug-likeness (QED) is 0.755. The summed E-state index contributed by atoms with van der Waals surface area (Å²) in [6.07, 6.45) is 0. The average molecular weight is 384 g/mol. The molecular weight excluding hydrogens is 350 g/mol. The third-order valence-electron chi connectivity index (χ3n) is 5.93. The van der Waals surface area contributed by atoms with Gasteiger partial charge in [0, 0.05) is 18.3 Å². The van der Waals surface area contributed by atoms with E-state index in [9.17, 15) is 4.79 Å². The van der Waals surface area contributed by atoms with Gasteiger partial charge >= 0.3 is 0 Å². The number of carbonyl (C=O) groups is 1. The second kappa shape index (κ2) is 9.22. The van der Waals surface area contributed by atoms with E-state index in [1.54, 1.807) is 16.9 Å². The highest BCUT2D eigenvalue weighted by Crippen LogP contribution is 2.18. The summed E-state index contributed by atoms with van der Waals surface area (Å²) in [6, 6.07) is 16.2. The zero-order chi connectivity index (χ0) is 20.1. The first-order chi connectivity index (χ1) is 13.5. The fraction of sp³-hybridized carbons (Fsp3) is 0.435. The van der Waals surface area contributed by atoms with Gasteiger partial charge in [-0.05, 0) is 38.1 Å². The van der Waals surface area contributed by atoms with Crippen molar-refractivity contribution >= 4 is 11.6 Å². The minimum atomic E-state index is -0.0275. The van der Waals surface area contributed by atoms with E-state index < -0.39 is 0 Å². The van der Waals surface area contributed by atoms with Gasteiger partial charge in [0.25, 0.3) is 5.91 Å². The molecule has 1 heterocycles. The summed E-state index contributed by atoms with van der Waals surface area (Å²) in [4.78, 5) is 17.6. The number of methoxy groups -OCH3 is 1. The van der Waals surface area contributed by atoms with Crippen LogP contribution in [0.2, 0.25) is 0 Å². The summed E-state index contributed by atoms with van der Waals surface area (Å²) in [5.41, 5.74) is 3.49. The highest BCUT2D eigenvalue weighted by Gasteiger charge is 2.33. The highest BCUT2D eigenvalue weighted by atomic mass is 16.5. The molecule has 0 aliphatic carbocycles. The molecule has 3 rings (SSSR count). The van der Waals surface area contributed by atoms with Crippen LogP contribution in [0.25, 0.3) is 0 Å². The van der Waals surface area contributed by atoms with Crippen molar-refractivity contribution < 1.29 is 19.3 Å². The smallest absolute Gasteiger partial charge is 0.284 e. The van der Waals surface area contributed by atoms with Gasteiger partial charge in [0.15, 0.2) is 6.04 Å². The van der Waals surface area contributed by atoms with Crippen molar-refractivity contribution in [1.82, 2.24) is 0 Å². The van der Waals surface area contributed by atoms with Crippen molar-refractivity contribution in [2.45, 2.75) is 26.4 Å². The molecular formula is C23H33N3O2+2. The Morgan fingerprint density at radius 1 is 1.11 bits per heavy atom.